The Morgan fingerprint density at radius 2 is 2.16 bits per heavy atom. The van der Waals surface area contributed by atoms with Gasteiger partial charge in [0.1, 0.15) is 6.23 Å². The molecule has 4 atom stereocenters. The minimum atomic E-state index is -0.655. The first-order valence-electron chi connectivity index (χ1n) is 8.97. The number of amides is 1. The molecule has 1 aromatic rings. The second kappa shape index (κ2) is 8.17. The van der Waals surface area contributed by atoms with Crippen LogP contribution in [-0.4, -0.2) is 29.8 Å². The van der Waals surface area contributed by atoms with E-state index in [-0.39, 0.29) is 17.9 Å². The van der Waals surface area contributed by atoms with Gasteiger partial charge in [0, 0.05) is 12.0 Å². The first-order chi connectivity index (χ1) is 12.1. The lowest BCUT2D eigenvalue weighted by Gasteiger charge is -2.27. The van der Waals surface area contributed by atoms with Gasteiger partial charge in [0.15, 0.2) is 0 Å². The van der Waals surface area contributed by atoms with E-state index in [1.165, 1.54) is 0 Å². The van der Waals surface area contributed by atoms with Crippen molar-refractivity contribution in [3.8, 4) is 0 Å². The first kappa shape index (κ1) is 18.2. The molecule has 0 bridgehead atoms. The van der Waals surface area contributed by atoms with Crippen molar-refractivity contribution in [2.24, 2.45) is 11.8 Å². The maximum atomic E-state index is 12.6. The molecule has 3 unspecified atom stereocenters. The van der Waals surface area contributed by atoms with Gasteiger partial charge in [-0.25, -0.2) is 0 Å². The summed E-state index contributed by atoms with van der Waals surface area (Å²) in [5, 5.41) is 17.0. The standard InChI is InChI=1S/C20H25ClN2O2/c1-2-11-22-19(24)14-8-7-13-9-10-18(16(13)12-14)23-20(25)15-5-3-4-6-17(15)21/h3-8,12-13,16,18-19,22,24H,2,9-11H2,1H3,(H,23,25)/t13?,16?,18-,19?/m1/s1. The van der Waals surface area contributed by atoms with Gasteiger partial charge in [-0.3, -0.25) is 10.1 Å². The lowest BCUT2D eigenvalue weighted by Crippen LogP contribution is -2.39. The van der Waals surface area contributed by atoms with Crippen LogP contribution < -0.4 is 10.6 Å². The summed E-state index contributed by atoms with van der Waals surface area (Å²) in [5.41, 5.74) is 1.39. The average molecular weight is 361 g/mol. The second-order valence-corrected chi connectivity index (χ2v) is 7.17. The zero-order chi connectivity index (χ0) is 17.8. The largest absolute Gasteiger partial charge is 0.374 e. The Bertz CT molecular complexity index is 686. The van der Waals surface area contributed by atoms with Gasteiger partial charge in [0.2, 0.25) is 0 Å². The summed E-state index contributed by atoms with van der Waals surface area (Å²) in [5.74, 6) is 0.494. The zero-order valence-corrected chi connectivity index (χ0v) is 15.2. The highest BCUT2D eigenvalue weighted by molar-refractivity contribution is 6.33. The average Bonchev–Trinajstić information content (AvgIpc) is 3.02. The van der Waals surface area contributed by atoms with Crippen molar-refractivity contribution in [1.82, 2.24) is 10.6 Å². The molecule has 2 aliphatic carbocycles. The number of aliphatic hydroxyl groups excluding tert-OH is 1. The van der Waals surface area contributed by atoms with Crippen molar-refractivity contribution >= 4 is 17.5 Å². The van der Waals surface area contributed by atoms with Crippen molar-refractivity contribution in [1.29, 1.82) is 0 Å². The van der Waals surface area contributed by atoms with E-state index in [9.17, 15) is 9.90 Å². The number of rotatable bonds is 6. The maximum Gasteiger partial charge on any atom is 0.253 e. The minimum Gasteiger partial charge on any atom is -0.374 e. The summed E-state index contributed by atoms with van der Waals surface area (Å²) >= 11 is 6.13. The maximum absolute atomic E-state index is 12.6. The van der Waals surface area contributed by atoms with E-state index in [4.69, 9.17) is 11.6 Å². The summed E-state index contributed by atoms with van der Waals surface area (Å²) in [4.78, 5) is 12.6. The van der Waals surface area contributed by atoms with Crippen LogP contribution in [0.5, 0.6) is 0 Å². The van der Waals surface area contributed by atoms with Crippen molar-refractivity contribution in [3.05, 3.63) is 58.7 Å². The van der Waals surface area contributed by atoms with E-state index >= 15 is 0 Å². The fourth-order valence-electron chi connectivity index (χ4n) is 3.67. The van der Waals surface area contributed by atoms with E-state index in [1.807, 2.05) is 18.2 Å². The Kier molecular flexibility index (Phi) is 5.94. The molecule has 1 fully saturated rings. The summed E-state index contributed by atoms with van der Waals surface area (Å²) in [6.45, 7) is 2.84. The molecule has 0 aromatic heterocycles. The summed E-state index contributed by atoms with van der Waals surface area (Å²) < 4.78 is 0. The van der Waals surface area contributed by atoms with Crippen LogP contribution >= 0.6 is 11.6 Å². The fourth-order valence-corrected chi connectivity index (χ4v) is 3.89. The highest BCUT2D eigenvalue weighted by atomic mass is 35.5. The molecule has 2 aliphatic rings. The third-order valence-corrected chi connectivity index (χ3v) is 5.36. The highest BCUT2D eigenvalue weighted by Gasteiger charge is 2.36. The molecule has 0 heterocycles. The molecule has 1 amide bonds. The highest BCUT2D eigenvalue weighted by Crippen LogP contribution is 2.38. The third kappa shape index (κ3) is 4.14. The number of aliphatic hydroxyl groups is 1. The van der Waals surface area contributed by atoms with Gasteiger partial charge < -0.3 is 10.4 Å². The predicted molar refractivity (Wildman–Crippen MR) is 100 cm³/mol. The number of benzene rings is 1. The number of hydrogen-bond donors (Lipinski definition) is 3. The van der Waals surface area contributed by atoms with Crippen LogP contribution in [0, 0.1) is 11.8 Å². The molecule has 1 saturated carbocycles. The molecule has 1 aromatic carbocycles. The number of hydrogen-bond acceptors (Lipinski definition) is 3. The Morgan fingerprint density at radius 1 is 1.36 bits per heavy atom. The van der Waals surface area contributed by atoms with Crippen LogP contribution in [0.25, 0.3) is 0 Å². The van der Waals surface area contributed by atoms with Crippen LogP contribution in [0.3, 0.4) is 0 Å². The van der Waals surface area contributed by atoms with Gasteiger partial charge in [0.25, 0.3) is 5.91 Å². The normalized spacial score (nSPS) is 26.0. The third-order valence-electron chi connectivity index (χ3n) is 5.03. The van der Waals surface area contributed by atoms with Crippen molar-refractivity contribution in [3.63, 3.8) is 0 Å². The van der Waals surface area contributed by atoms with Crippen LogP contribution in [0.1, 0.15) is 36.5 Å². The van der Waals surface area contributed by atoms with E-state index in [0.29, 0.717) is 16.5 Å². The molecule has 0 spiro atoms. The number of fused-ring (bicyclic) bond motifs is 1. The Morgan fingerprint density at radius 3 is 2.92 bits per heavy atom. The van der Waals surface area contributed by atoms with E-state index < -0.39 is 6.23 Å². The van der Waals surface area contributed by atoms with Gasteiger partial charge in [-0.15, -0.1) is 0 Å². The molecule has 0 aliphatic heterocycles. The van der Waals surface area contributed by atoms with E-state index in [2.05, 4.69) is 29.7 Å². The quantitative estimate of drug-likeness (QED) is 0.682. The number of nitrogens with one attached hydrogen (secondary N) is 2. The summed E-state index contributed by atoms with van der Waals surface area (Å²) in [6.07, 6.45) is 8.57. The van der Waals surface area contributed by atoms with E-state index in [1.54, 1.807) is 12.1 Å². The Hall–Kier alpha value is -1.62. The molecule has 4 nitrogen and oxygen atoms in total. The molecular weight excluding hydrogens is 336 g/mol. The van der Waals surface area contributed by atoms with Gasteiger partial charge in [-0.05, 0) is 49.4 Å². The lowest BCUT2D eigenvalue weighted by atomic mass is 9.86. The Balaban J connectivity index is 1.69. The van der Waals surface area contributed by atoms with Gasteiger partial charge in [0.05, 0.1) is 10.6 Å². The van der Waals surface area contributed by atoms with Crippen LogP contribution in [0.15, 0.2) is 48.1 Å². The Labute approximate surface area is 154 Å². The molecule has 3 rings (SSSR count). The van der Waals surface area contributed by atoms with Gasteiger partial charge >= 0.3 is 0 Å². The zero-order valence-electron chi connectivity index (χ0n) is 14.4. The number of allylic oxidation sites excluding steroid dienone is 1. The number of halogens is 1. The SMILES string of the molecule is CCCNC(O)C1=CC2C(C=C1)CC[C@H]2NC(=O)c1ccccc1Cl. The fraction of sp³-hybridized carbons (Fsp3) is 0.450. The first-order valence-corrected chi connectivity index (χ1v) is 9.34. The number of carbonyl (C=O) groups excluding carboxylic acids is 1. The molecule has 25 heavy (non-hydrogen) atoms. The van der Waals surface area contributed by atoms with Crippen LogP contribution in [-0.2, 0) is 0 Å². The monoisotopic (exact) mass is 360 g/mol. The molecule has 3 N–H and O–H groups in total. The van der Waals surface area contributed by atoms with Crippen molar-refractivity contribution in [2.45, 2.75) is 38.5 Å². The molecular formula is C20H25ClN2O2. The van der Waals surface area contributed by atoms with Gasteiger partial charge in [-0.1, -0.05) is 48.9 Å². The van der Waals surface area contributed by atoms with Crippen molar-refractivity contribution < 1.29 is 9.90 Å². The molecule has 0 radical (unpaired) electrons. The minimum absolute atomic E-state index is 0.0621. The topological polar surface area (TPSA) is 61.4 Å². The molecule has 0 saturated heterocycles. The summed E-state index contributed by atoms with van der Waals surface area (Å²) in [7, 11) is 0. The molecule has 5 heteroatoms. The second-order valence-electron chi connectivity index (χ2n) is 6.76. The summed E-state index contributed by atoms with van der Waals surface area (Å²) in [6, 6.07) is 7.16. The van der Waals surface area contributed by atoms with Crippen LogP contribution in [0.2, 0.25) is 5.02 Å². The van der Waals surface area contributed by atoms with Gasteiger partial charge in [-0.2, -0.15) is 0 Å². The van der Waals surface area contributed by atoms with E-state index in [0.717, 1.165) is 31.4 Å². The van der Waals surface area contributed by atoms with Crippen LogP contribution in [0.4, 0.5) is 0 Å². The van der Waals surface area contributed by atoms with Crippen molar-refractivity contribution in [2.75, 3.05) is 6.54 Å². The predicted octanol–water partition coefficient (Wildman–Crippen LogP) is 3.28. The smallest absolute Gasteiger partial charge is 0.253 e. The lowest BCUT2D eigenvalue weighted by molar-refractivity contribution is 0.0931. The number of carbonyl (C=O) groups is 1. The molecule has 134 valence electrons.